The summed E-state index contributed by atoms with van der Waals surface area (Å²) in [5.41, 5.74) is 3.44. The Morgan fingerprint density at radius 3 is 2.81 bits per heavy atom. The van der Waals surface area contributed by atoms with Gasteiger partial charge in [-0.1, -0.05) is 17.7 Å². The molecular weight excluding hydrogens is 366 g/mol. The minimum atomic E-state index is -0.319. The lowest BCUT2D eigenvalue weighted by Crippen LogP contribution is -2.13. The molecule has 0 saturated carbocycles. The number of carbonyl (C=O) groups excluding carboxylic acids is 1. The highest BCUT2D eigenvalue weighted by atomic mass is 35.5. The highest BCUT2D eigenvalue weighted by Gasteiger charge is 2.15. The van der Waals surface area contributed by atoms with Crippen LogP contribution in [0, 0.1) is 6.92 Å². The molecule has 1 aliphatic rings. The van der Waals surface area contributed by atoms with E-state index in [-0.39, 0.29) is 18.4 Å². The van der Waals surface area contributed by atoms with Gasteiger partial charge in [0.25, 0.3) is 5.91 Å². The fourth-order valence-electron chi connectivity index (χ4n) is 2.70. The number of nitrogens with zero attached hydrogens (tertiary/aromatic N) is 1. The molecule has 0 bridgehead atoms. The first-order chi connectivity index (χ1) is 13.1. The molecule has 0 saturated heterocycles. The molecule has 0 aliphatic carbocycles. The predicted molar refractivity (Wildman–Crippen MR) is 104 cm³/mol. The maximum Gasteiger partial charge on any atom is 0.274 e. The van der Waals surface area contributed by atoms with Crippen LogP contribution in [-0.4, -0.2) is 17.7 Å². The molecule has 2 aromatic carbocycles. The smallest absolute Gasteiger partial charge is 0.274 e. The molecule has 1 aromatic heterocycles. The number of carbonyl (C=O) groups is 1. The van der Waals surface area contributed by atoms with E-state index in [4.69, 9.17) is 21.1 Å². The monoisotopic (exact) mass is 381 g/mol. The molecule has 0 spiro atoms. The third kappa shape index (κ3) is 3.66. The Morgan fingerprint density at radius 2 is 1.93 bits per heavy atom. The SMILES string of the molecule is Cc1c(Cl)cccc1Nc1ccnc(C(=O)Nc2ccc3c(c2)OCO3)c1. The van der Waals surface area contributed by atoms with Crippen LogP contribution < -0.4 is 20.1 Å². The second-order valence-electron chi connectivity index (χ2n) is 5.99. The van der Waals surface area contributed by atoms with Crippen LogP contribution >= 0.6 is 11.6 Å². The zero-order chi connectivity index (χ0) is 18.8. The second kappa shape index (κ2) is 7.17. The van der Waals surface area contributed by atoms with Gasteiger partial charge in [-0.15, -0.1) is 0 Å². The summed E-state index contributed by atoms with van der Waals surface area (Å²) in [5.74, 6) is 0.946. The van der Waals surface area contributed by atoms with Crippen LogP contribution in [-0.2, 0) is 0 Å². The maximum atomic E-state index is 12.5. The Morgan fingerprint density at radius 1 is 1.07 bits per heavy atom. The first-order valence-corrected chi connectivity index (χ1v) is 8.67. The molecule has 2 heterocycles. The Kier molecular flexibility index (Phi) is 4.56. The van der Waals surface area contributed by atoms with E-state index < -0.39 is 0 Å². The fourth-order valence-corrected chi connectivity index (χ4v) is 2.87. The van der Waals surface area contributed by atoms with Crippen LogP contribution in [0.2, 0.25) is 5.02 Å². The number of fused-ring (bicyclic) bond motifs is 1. The lowest BCUT2D eigenvalue weighted by atomic mass is 10.2. The molecule has 1 aliphatic heterocycles. The van der Waals surface area contributed by atoms with Crippen molar-refractivity contribution in [2.24, 2.45) is 0 Å². The van der Waals surface area contributed by atoms with E-state index in [1.807, 2.05) is 25.1 Å². The van der Waals surface area contributed by atoms with Gasteiger partial charge in [-0.2, -0.15) is 0 Å². The standard InChI is InChI=1S/C20H16ClN3O3/c1-12-15(21)3-2-4-16(12)23-14-7-8-22-17(9-14)20(25)24-13-5-6-18-19(10-13)27-11-26-18/h2-10H,11H2,1H3,(H,22,23)(H,24,25). The molecule has 0 radical (unpaired) electrons. The summed E-state index contributed by atoms with van der Waals surface area (Å²) in [6, 6.07) is 14.3. The average molecular weight is 382 g/mol. The van der Waals surface area contributed by atoms with Gasteiger partial charge in [-0.3, -0.25) is 9.78 Å². The number of halogens is 1. The Hall–Kier alpha value is -3.25. The molecule has 136 valence electrons. The van der Waals surface area contributed by atoms with Crippen molar-refractivity contribution in [3.05, 3.63) is 71.0 Å². The molecule has 1 amide bonds. The normalized spacial score (nSPS) is 11.9. The zero-order valence-corrected chi connectivity index (χ0v) is 15.2. The Bertz CT molecular complexity index is 1020. The van der Waals surface area contributed by atoms with Gasteiger partial charge >= 0.3 is 0 Å². The topological polar surface area (TPSA) is 72.5 Å². The summed E-state index contributed by atoms with van der Waals surface area (Å²) in [5, 5.41) is 6.75. The van der Waals surface area contributed by atoms with Crippen molar-refractivity contribution in [2.45, 2.75) is 6.92 Å². The summed E-state index contributed by atoms with van der Waals surface area (Å²) in [6.07, 6.45) is 1.58. The molecule has 6 nitrogen and oxygen atoms in total. The first kappa shape index (κ1) is 17.2. The van der Waals surface area contributed by atoms with Crippen molar-refractivity contribution < 1.29 is 14.3 Å². The minimum Gasteiger partial charge on any atom is -0.454 e. The van der Waals surface area contributed by atoms with Gasteiger partial charge in [0.2, 0.25) is 6.79 Å². The number of pyridine rings is 1. The van der Waals surface area contributed by atoms with Crippen LogP contribution in [0.4, 0.5) is 17.1 Å². The summed E-state index contributed by atoms with van der Waals surface area (Å²) in [6.45, 7) is 2.12. The fraction of sp³-hybridized carbons (Fsp3) is 0.100. The van der Waals surface area contributed by atoms with E-state index in [1.165, 1.54) is 0 Å². The molecule has 0 unspecified atom stereocenters. The number of hydrogen-bond donors (Lipinski definition) is 2. The van der Waals surface area contributed by atoms with E-state index in [1.54, 1.807) is 36.5 Å². The van der Waals surface area contributed by atoms with Crippen molar-refractivity contribution in [1.29, 1.82) is 0 Å². The molecule has 4 rings (SSSR count). The molecule has 0 atom stereocenters. The first-order valence-electron chi connectivity index (χ1n) is 8.29. The van der Waals surface area contributed by atoms with Gasteiger partial charge < -0.3 is 20.1 Å². The molecule has 2 N–H and O–H groups in total. The van der Waals surface area contributed by atoms with Gasteiger partial charge in [0.1, 0.15) is 5.69 Å². The predicted octanol–water partition coefficient (Wildman–Crippen LogP) is 4.77. The van der Waals surface area contributed by atoms with Crippen molar-refractivity contribution >= 4 is 34.6 Å². The van der Waals surface area contributed by atoms with Crippen LogP contribution in [0.1, 0.15) is 16.1 Å². The van der Waals surface area contributed by atoms with E-state index in [0.717, 1.165) is 16.9 Å². The number of hydrogen-bond acceptors (Lipinski definition) is 5. The lowest BCUT2D eigenvalue weighted by Gasteiger charge is -2.11. The molecule has 7 heteroatoms. The van der Waals surface area contributed by atoms with Crippen molar-refractivity contribution in [1.82, 2.24) is 4.98 Å². The van der Waals surface area contributed by atoms with E-state index in [2.05, 4.69) is 15.6 Å². The van der Waals surface area contributed by atoms with Crippen molar-refractivity contribution in [3.63, 3.8) is 0 Å². The minimum absolute atomic E-state index is 0.185. The molecule has 0 fully saturated rings. The van der Waals surface area contributed by atoms with Crippen LogP contribution in [0.3, 0.4) is 0 Å². The van der Waals surface area contributed by atoms with E-state index in [0.29, 0.717) is 22.2 Å². The molecular formula is C20H16ClN3O3. The summed E-state index contributed by atoms with van der Waals surface area (Å²) in [7, 11) is 0. The van der Waals surface area contributed by atoms with Gasteiger partial charge in [0, 0.05) is 34.3 Å². The largest absolute Gasteiger partial charge is 0.454 e. The third-order valence-corrected chi connectivity index (χ3v) is 4.58. The number of rotatable bonds is 4. The second-order valence-corrected chi connectivity index (χ2v) is 6.40. The van der Waals surface area contributed by atoms with Gasteiger partial charge in [-0.05, 0) is 48.9 Å². The number of anilines is 3. The van der Waals surface area contributed by atoms with Gasteiger partial charge in [0.15, 0.2) is 11.5 Å². The molecule has 3 aromatic rings. The summed E-state index contributed by atoms with van der Waals surface area (Å²) < 4.78 is 10.6. The Balaban J connectivity index is 1.51. The third-order valence-electron chi connectivity index (χ3n) is 4.17. The van der Waals surface area contributed by atoms with Crippen LogP contribution in [0.5, 0.6) is 11.5 Å². The van der Waals surface area contributed by atoms with Crippen molar-refractivity contribution in [3.8, 4) is 11.5 Å². The van der Waals surface area contributed by atoms with Gasteiger partial charge in [0.05, 0.1) is 0 Å². The maximum absolute atomic E-state index is 12.5. The summed E-state index contributed by atoms with van der Waals surface area (Å²) >= 11 is 6.16. The highest BCUT2D eigenvalue weighted by molar-refractivity contribution is 6.31. The quantitative estimate of drug-likeness (QED) is 0.681. The number of ether oxygens (including phenoxy) is 2. The average Bonchev–Trinajstić information content (AvgIpc) is 3.13. The number of aromatic nitrogens is 1. The van der Waals surface area contributed by atoms with E-state index >= 15 is 0 Å². The lowest BCUT2D eigenvalue weighted by molar-refractivity contribution is 0.102. The van der Waals surface area contributed by atoms with E-state index in [9.17, 15) is 4.79 Å². The van der Waals surface area contributed by atoms with Crippen LogP contribution in [0.15, 0.2) is 54.7 Å². The van der Waals surface area contributed by atoms with Crippen molar-refractivity contribution in [2.75, 3.05) is 17.4 Å². The number of nitrogens with one attached hydrogen (secondary N) is 2. The van der Waals surface area contributed by atoms with Crippen LogP contribution in [0.25, 0.3) is 0 Å². The van der Waals surface area contributed by atoms with Gasteiger partial charge in [-0.25, -0.2) is 0 Å². The Labute approximate surface area is 161 Å². The summed E-state index contributed by atoms with van der Waals surface area (Å²) in [4.78, 5) is 16.7. The number of amides is 1. The molecule has 27 heavy (non-hydrogen) atoms. The zero-order valence-electron chi connectivity index (χ0n) is 14.5. The number of benzene rings is 2. The highest BCUT2D eigenvalue weighted by Crippen LogP contribution is 2.34.